The molecule has 0 saturated carbocycles. The lowest BCUT2D eigenvalue weighted by atomic mass is 10.1. The molecule has 9 nitrogen and oxygen atoms in total. The zero-order valence-electron chi connectivity index (χ0n) is 7.81. The van der Waals surface area contributed by atoms with Gasteiger partial charge in [-0.15, -0.1) is 0 Å². The monoisotopic (exact) mass is 195 g/mol. The van der Waals surface area contributed by atoms with Crippen LogP contribution in [-0.4, -0.2) is 5.79 Å². The van der Waals surface area contributed by atoms with Crippen LogP contribution >= 0.6 is 0 Å². The van der Waals surface area contributed by atoms with Crippen molar-refractivity contribution >= 4 is 0 Å². The maximum Gasteiger partial charge on any atom is 0.204 e. The van der Waals surface area contributed by atoms with Crippen molar-refractivity contribution in [3.05, 3.63) is 31.3 Å². The summed E-state index contributed by atoms with van der Waals surface area (Å²) >= 11 is 0. The molecule has 0 bridgehead atoms. The molecule has 0 aromatic heterocycles. The van der Waals surface area contributed by atoms with Crippen LogP contribution in [0.25, 0.3) is 31.3 Å². The van der Waals surface area contributed by atoms with E-state index in [0.29, 0.717) is 0 Å². The third kappa shape index (κ3) is 3.55. The first-order valence-corrected chi connectivity index (χ1v) is 3.79. The molecule has 0 N–H and O–H groups in total. The van der Waals surface area contributed by atoms with Crippen LogP contribution in [0.15, 0.2) is 15.3 Å². The summed E-state index contributed by atoms with van der Waals surface area (Å²) in [5.41, 5.74) is 24.8. The predicted molar refractivity (Wildman–Crippen MR) is 49.6 cm³/mol. The summed E-state index contributed by atoms with van der Waals surface area (Å²) in [5.74, 6) is -1.64. The summed E-state index contributed by atoms with van der Waals surface area (Å²) in [6, 6.07) is 0. The second-order valence-corrected chi connectivity index (χ2v) is 2.94. The molecule has 0 rings (SSSR count). The molecule has 0 aliphatic heterocycles. The first-order chi connectivity index (χ1) is 6.60. The van der Waals surface area contributed by atoms with Gasteiger partial charge in [-0.3, -0.25) is 0 Å². The Morgan fingerprint density at radius 3 is 1.57 bits per heavy atom. The smallest absolute Gasteiger partial charge is 0.0751 e. The minimum absolute atomic E-state index is 0.0662. The van der Waals surface area contributed by atoms with Crippen LogP contribution in [0.4, 0.5) is 0 Å². The minimum atomic E-state index is -1.70. The molecule has 0 aromatic rings. The average molecular weight is 195 g/mol. The molecule has 0 atom stereocenters. The van der Waals surface area contributed by atoms with Crippen molar-refractivity contribution in [2.45, 2.75) is 26.1 Å². The molecule has 0 heterocycles. The summed E-state index contributed by atoms with van der Waals surface area (Å²) in [4.78, 5) is 7.48. The SMILES string of the molecule is CC(C)CC(N=[N+]=[N-])(N=[N+]=[N-])N=[N+]=[N-]. The van der Waals surface area contributed by atoms with Gasteiger partial charge < -0.3 is 0 Å². The van der Waals surface area contributed by atoms with Crippen molar-refractivity contribution in [2.24, 2.45) is 21.3 Å². The largest absolute Gasteiger partial charge is 0.204 e. The van der Waals surface area contributed by atoms with Crippen molar-refractivity contribution < 1.29 is 0 Å². The Bertz CT molecular complexity index is 280. The van der Waals surface area contributed by atoms with E-state index in [1.807, 2.05) is 13.8 Å². The molecular weight excluding hydrogens is 186 g/mol. The van der Waals surface area contributed by atoms with E-state index in [4.69, 9.17) is 16.6 Å². The van der Waals surface area contributed by atoms with Crippen LogP contribution in [0.3, 0.4) is 0 Å². The minimum Gasteiger partial charge on any atom is -0.0751 e. The molecule has 0 amide bonds. The van der Waals surface area contributed by atoms with Gasteiger partial charge in [-0.05, 0) is 28.9 Å². The topological polar surface area (TPSA) is 146 Å². The molecule has 0 spiro atoms. The number of nitrogens with zero attached hydrogens (tertiary/aromatic N) is 9. The summed E-state index contributed by atoms with van der Waals surface area (Å²) in [6.07, 6.45) is 0.172. The number of azide groups is 1. The van der Waals surface area contributed by atoms with Gasteiger partial charge in [-0.25, -0.2) is 0 Å². The lowest BCUT2D eigenvalue weighted by Crippen LogP contribution is -2.20. The van der Waals surface area contributed by atoms with E-state index < -0.39 is 5.79 Å². The number of hydrogen-bond acceptors (Lipinski definition) is 3. The van der Waals surface area contributed by atoms with Crippen LogP contribution in [0.2, 0.25) is 0 Å². The van der Waals surface area contributed by atoms with Gasteiger partial charge in [0, 0.05) is 14.7 Å². The fraction of sp³-hybridized carbons (Fsp3) is 1.00. The highest BCUT2D eigenvalue weighted by atomic mass is 15.4. The lowest BCUT2D eigenvalue weighted by Gasteiger charge is -2.18. The van der Waals surface area contributed by atoms with E-state index in [0.717, 1.165) is 0 Å². The van der Waals surface area contributed by atoms with Gasteiger partial charge in [0.05, 0.1) is 0 Å². The van der Waals surface area contributed by atoms with E-state index in [-0.39, 0.29) is 12.3 Å². The fourth-order valence-corrected chi connectivity index (χ4v) is 0.945. The molecule has 0 aliphatic carbocycles. The second kappa shape index (κ2) is 5.55. The summed E-state index contributed by atoms with van der Waals surface area (Å²) in [7, 11) is 0. The van der Waals surface area contributed by atoms with Gasteiger partial charge in [0.25, 0.3) is 0 Å². The maximum atomic E-state index is 8.26. The number of rotatable bonds is 5. The molecule has 0 aromatic carbocycles. The Morgan fingerprint density at radius 1 is 1.00 bits per heavy atom. The van der Waals surface area contributed by atoms with E-state index in [1.165, 1.54) is 0 Å². The van der Waals surface area contributed by atoms with Crippen LogP contribution in [-0.2, 0) is 0 Å². The van der Waals surface area contributed by atoms with Gasteiger partial charge in [0.1, 0.15) is 0 Å². The third-order valence-corrected chi connectivity index (χ3v) is 1.30. The lowest BCUT2D eigenvalue weighted by molar-refractivity contribution is 0.360. The van der Waals surface area contributed by atoms with Gasteiger partial charge in [-0.1, -0.05) is 29.2 Å². The molecule has 14 heavy (non-hydrogen) atoms. The Balaban J connectivity index is 5.22. The zero-order chi connectivity index (χ0) is 11.0. The van der Waals surface area contributed by atoms with Gasteiger partial charge in [0.15, 0.2) is 0 Å². The zero-order valence-corrected chi connectivity index (χ0v) is 7.81. The Hall–Kier alpha value is -2.07. The van der Waals surface area contributed by atoms with Gasteiger partial charge in [-0.2, -0.15) is 0 Å². The average Bonchev–Trinajstić information content (AvgIpc) is 2.03. The molecule has 0 saturated heterocycles. The fourth-order valence-electron chi connectivity index (χ4n) is 0.945. The van der Waals surface area contributed by atoms with E-state index in [2.05, 4.69) is 30.1 Å². The van der Waals surface area contributed by atoms with Crippen molar-refractivity contribution in [1.29, 1.82) is 0 Å². The van der Waals surface area contributed by atoms with E-state index in [1.54, 1.807) is 0 Å². The summed E-state index contributed by atoms with van der Waals surface area (Å²) < 4.78 is 0. The van der Waals surface area contributed by atoms with Crippen LogP contribution in [0, 0.1) is 5.92 Å². The standard InChI is InChI=1S/C5H9N9/c1-4(2)3-5(9-12-6,10-13-7)11-14-8/h4H,3H2,1-2H3. The summed E-state index contributed by atoms with van der Waals surface area (Å²) in [5, 5.41) is 9.64. The van der Waals surface area contributed by atoms with Crippen LogP contribution < -0.4 is 0 Å². The maximum absolute atomic E-state index is 8.26. The summed E-state index contributed by atoms with van der Waals surface area (Å²) in [6.45, 7) is 3.64. The first-order valence-electron chi connectivity index (χ1n) is 3.79. The van der Waals surface area contributed by atoms with Crippen LogP contribution in [0.5, 0.6) is 0 Å². The van der Waals surface area contributed by atoms with Crippen molar-refractivity contribution in [1.82, 2.24) is 0 Å². The van der Waals surface area contributed by atoms with Crippen molar-refractivity contribution in [3.63, 3.8) is 0 Å². The van der Waals surface area contributed by atoms with E-state index >= 15 is 0 Å². The molecular formula is C5H9N9. The number of hydrogen-bond donors (Lipinski definition) is 0. The first kappa shape index (κ1) is 11.9. The highest BCUT2D eigenvalue weighted by molar-refractivity contribution is 4.85. The quantitative estimate of drug-likeness (QED) is 0.358. The van der Waals surface area contributed by atoms with E-state index in [9.17, 15) is 0 Å². The molecule has 0 radical (unpaired) electrons. The van der Waals surface area contributed by atoms with Gasteiger partial charge >= 0.3 is 0 Å². The highest BCUT2D eigenvalue weighted by Crippen LogP contribution is 2.25. The molecule has 74 valence electrons. The molecule has 0 unspecified atom stereocenters. The molecule has 9 heteroatoms. The Labute approximate surface area is 79.6 Å². The normalized spacial score (nSPS) is 13.1. The second-order valence-electron chi connectivity index (χ2n) is 2.94. The third-order valence-electron chi connectivity index (χ3n) is 1.30. The Kier molecular flexibility index (Phi) is 4.73. The van der Waals surface area contributed by atoms with Crippen LogP contribution in [0.1, 0.15) is 20.3 Å². The molecule has 0 fully saturated rings. The molecule has 0 aliphatic rings. The Morgan fingerprint density at radius 2 is 1.36 bits per heavy atom. The highest BCUT2D eigenvalue weighted by Gasteiger charge is 2.27. The van der Waals surface area contributed by atoms with Crippen molar-refractivity contribution in [2.75, 3.05) is 0 Å². The predicted octanol–water partition coefficient (Wildman–Crippen LogP) is 3.62. The van der Waals surface area contributed by atoms with Gasteiger partial charge in [0.2, 0.25) is 5.79 Å². The van der Waals surface area contributed by atoms with Crippen molar-refractivity contribution in [3.8, 4) is 0 Å².